The van der Waals surface area contributed by atoms with Gasteiger partial charge in [-0.3, -0.25) is 9.78 Å². The van der Waals surface area contributed by atoms with Gasteiger partial charge in [0.1, 0.15) is 11.6 Å². The lowest BCUT2D eigenvalue weighted by Gasteiger charge is -2.28. The van der Waals surface area contributed by atoms with Crippen molar-refractivity contribution in [2.24, 2.45) is 0 Å². The van der Waals surface area contributed by atoms with Crippen LogP contribution in [0.3, 0.4) is 0 Å². The van der Waals surface area contributed by atoms with E-state index in [1.165, 1.54) is 12.1 Å². The van der Waals surface area contributed by atoms with E-state index >= 15 is 0 Å². The summed E-state index contributed by atoms with van der Waals surface area (Å²) in [7, 11) is 0. The molecule has 1 saturated heterocycles. The molecule has 174 valence electrons. The number of fused-ring (bicyclic) bond motifs is 1. The van der Waals surface area contributed by atoms with Crippen LogP contribution in [0.5, 0.6) is 0 Å². The number of halogens is 1. The van der Waals surface area contributed by atoms with Crippen molar-refractivity contribution in [2.75, 3.05) is 43.1 Å². The first-order valence-corrected chi connectivity index (χ1v) is 11.5. The Balaban J connectivity index is 1.72. The Labute approximate surface area is 193 Å². The van der Waals surface area contributed by atoms with E-state index in [1.54, 1.807) is 18.3 Å². The van der Waals surface area contributed by atoms with Gasteiger partial charge in [0, 0.05) is 36.4 Å². The van der Waals surface area contributed by atoms with Crippen LogP contribution in [0.1, 0.15) is 48.7 Å². The normalized spacial score (nSPS) is 14.8. The fourth-order valence-electron chi connectivity index (χ4n) is 3.92. The fourth-order valence-corrected chi connectivity index (χ4v) is 3.92. The van der Waals surface area contributed by atoms with Gasteiger partial charge < -0.3 is 20.3 Å². The molecule has 1 fully saturated rings. The van der Waals surface area contributed by atoms with Crippen molar-refractivity contribution in [3.63, 3.8) is 0 Å². The number of morpholine rings is 1. The van der Waals surface area contributed by atoms with Crippen LogP contribution in [-0.4, -0.2) is 48.7 Å². The van der Waals surface area contributed by atoms with Crippen molar-refractivity contribution in [1.82, 2.24) is 15.3 Å². The minimum Gasteiger partial charge on any atom is -0.378 e. The molecule has 0 spiro atoms. The maximum Gasteiger partial charge on any atom is 0.251 e. The lowest BCUT2D eigenvalue weighted by Crippen LogP contribution is -2.36. The third-order valence-electron chi connectivity index (χ3n) is 5.75. The minimum atomic E-state index is -0.310. The van der Waals surface area contributed by atoms with Crippen molar-refractivity contribution in [1.29, 1.82) is 0 Å². The highest BCUT2D eigenvalue weighted by Crippen LogP contribution is 2.28. The van der Waals surface area contributed by atoms with E-state index in [0.29, 0.717) is 36.5 Å². The predicted molar refractivity (Wildman–Crippen MR) is 128 cm³/mol. The van der Waals surface area contributed by atoms with Crippen molar-refractivity contribution < 1.29 is 13.9 Å². The van der Waals surface area contributed by atoms with Crippen LogP contribution in [0.2, 0.25) is 0 Å². The van der Waals surface area contributed by atoms with Gasteiger partial charge in [0.2, 0.25) is 0 Å². The number of nitrogens with one attached hydrogen (secondary N) is 2. The van der Waals surface area contributed by atoms with Gasteiger partial charge in [-0.1, -0.05) is 19.4 Å². The summed E-state index contributed by atoms with van der Waals surface area (Å²) in [6, 6.07) is 9.75. The number of benzene rings is 2. The Morgan fingerprint density at radius 1 is 1.24 bits per heavy atom. The number of rotatable bonds is 8. The number of aromatic nitrogens is 2. The predicted octanol–water partition coefficient (Wildman–Crippen LogP) is 4.31. The molecule has 1 aliphatic rings. The monoisotopic (exact) mass is 451 g/mol. The molecule has 1 aromatic heterocycles. The molecule has 8 heteroatoms. The van der Waals surface area contributed by atoms with Crippen LogP contribution in [0.25, 0.3) is 11.0 Å². The van der Waals surface area contributed by atoms with Crippen molar-refractivity contribution in [3.8, 4) is 0 Å². The highest BCUT2D eigenvalue weighted by atomic mass is 19.1. The number of carbonyl (C=O) groups is 1. The van der Waals surface area contributed by atoms with Gasteiger partial charge in [-0.05, 0) is 43.7 Å². The lowest BCUT2D eigenvalue weighted by atomic mass is 10.0. The average molecular weight is 452 g/mol. The van der Waals surface area contributed by atoms with Gasteiger partial charge in [-0.15, -0.1) is 0 Å². The molecule has 0 bridgehead atoms. The topological polar surface area (TPSA) is 79.4 Å². The number of carbonyl (C=O) groups excluding carboxylic acids is 1. The first-order chi connectivity index (χ1) is 16.0. The molecular weight excluding hydrogens is 421 g/mol. The van der Waals surface area contributed by atoms with Gasteiger partial charge in [-0.2, -0.15) is 0 Å². The maximum atomic E-state index is 13.7. The fraction of sp³-hybridized carbons (Fsp3) is 0.400. The first kappa shape index (κ1) is 22.9. The third kappa shape index (κ3) is 5.57. The van der Waals surface area contributed by atoms with E-state index in [0.717, 1.165) is 42.8 Å². The molecule has 33 heavy (non-hydrogen) atoms. The Morgan fingerprint density at radius 2 is 2.06 bits per heavy atom. The number of ether oxygens (including phenoxy) is 1. The third-order valence-corrected chi connectivity index (χ3v) is 5.75. The molecule has 1 atom stereocenters. The summed E-state index contributed by atoms with van der Waals surface area (Å²) in [4.78, 5) is 24.5. The standard InChI is InChI=1S/C25H30FN5O2/c1-3-4-8-27-25(32)18-13-21(17(2)29-20-7-5-6-19(26)15-20)24-22(14-18)28-16-23(30-24)31-9-11-33-12-10-31/h5-7,13-17,29H,3-4,8-12H2,1-2H3,(H,27,32). The summed E-state index contributed by atoms with van der Waals surface area (Å²) in [5.41, 5.74) is 3.40. The molecule has 2 aromatic carbocycles. The SMILES string of the molecule is CCCCNC(=O)c1cc(C(C)Nc2cccc(F)c2)c2nc(N3CCOCC3)cnc2c1. The summed E-state index contributed by atoms with van der Waals surface area (Å²) in [6.07, 6.45) is 3.68. The van der Waals surface area contributed by atoms with Crippen LogP contribution in [0, 0.1) is 5.82 Å². The van der Waals surface area contributed by atoms with E-state index in [9.17, 15) is 9.18 Å². The van der Waals surface area contributed by atoms with Crippen molar-refractivity contribution >= 4 is 28.4 Å². The molecular formula is C25H30FN5O2. The van der Waals surface area contributed by atoms with Gasteiger partial charge in [-0.25, -0.2) is 9.37 Å². The Morgan fingerprint density at radius 3 is 2.82 bits per heavy atom. The molecule has 3 aromatic rings. The summed E-state index contributed by atoms with van der Waals surface area (Å²) < 4.78 is 19.2. The molecule has 0 aliphatic carbocycles. The van der Waals surface area contributed by atoms with Gasteiger partial charge in [0.05, 0.1) is 36.5 Å². The lowest BCUT2D eigenvalue weighted by molar-refractivity contribution is 0.0953. The second kappa shape index (κ2) is 10.6. The van der Waals surface area contributed by atoms with Crippen LogP contribution in [-0.2, 0) is 4.74 Å². The second-order valence-electron chi connectivity index (χ2n) is 8.25. The van der Waals surface area contributed by atoms with Gasteiger partial charge in [0.15, 0.2) is 0 Å². The average Bonchev–Trinajstić information content (AvgIpc) is 2.83. The van der Waals surface area contributed by atoms with Gasteiger partial charge >= 0.3 is 0 Å². The largest absolute Gasteiger partial charge is 0.378 e. The number of amides is 1. The van der Waals surface area contributed by atoms with Crippen molar-refractivity contribution in [2.45, 2.75) is 32.7 Å². The first-order valence-electron chi connectivity index (χ1n) is 11.5. The smallest absolute Gasteiger partial charge is 0.251 e. The molecule has 4 rings (SSSR count). The maximum absolute atomic E-state index is 13.7. The molecule has 2 N–H and O–H groups in total. The van der Waals surface area contributed by atoms with Crippen LogP contribution >= 0.6 is 0 Å². The van der Waals surface area contributed by atoms with Crippen LogP contribution in [0.15, 0.2) is 42.6 Å². The molecule has 7 nitrogen and oxygen atoms in total. The Bertz CT molecular complexity index is 1120. The van der Waals surface area contributed by atoms with E-state index < -0.39 is 0 Å². The molecule has 1 amide bonds. The molecule has 0 radical (unpaired) electrons. The number of nitrogens with zero attached hydrogens (tertiary/aromatic N) is 3. The quantitative estimate of drug-likeness (QED) is 0.497. The zero-order chi connectivity index (χ0) is 23.2. The van der Waals surface area contributed by atoms with Gasteiger partial charge in [0.25, 0.3) is 5.91 Å². The number of anilines is 2. The van der Waals surface area contributed by atoms with E-state index in [4.69, 9.17) is 9.72 Å². The number of unbranched alkanes of at least 4 members (excludes halogenated alkanes) is 1. The number of hydrogen-bond donors (Lipinski definition) is 2. The Kier molecular flexibility index (Phi) is 7.34. The van der Waals surface area contributed by atoms with Crippen LogP contribution in [0.4, 0.5) is 15.9 Å². The molecule has 2 heterocycles. The molecule has 1 unspecified atom stereocenters. The summed E-state index contributed by atoms with van der Waals surface area (Å²) in [6.45, 7) is 7.50. The zero-order valence-corrected chi connectivity index (χ0v) is 19.1. The van der Waals surface area contributed by atoms with E-state index in [2.05, 4.69) is 27.4 Å². The number of hydrogen-bond acceptors (Lipinski definition) is 6. The zero-order valence-electron chi connectivity index (χ0n) is 19.1. The van der Waals surface area contributed by atoms with Crippen molar-refractivity contribution in [3.05, 3.63) is 59.5 Å². The Hall–Kier alpha value is -3.26. The van der Waals surface area contributed by atoms with E-state index in [1.807, 2.05) is 19.1 Å². The summed E-state index contributed by atoms with van der Waals surface area (Å²) >= 11 is 0. The van der Waals surface area contributed by atoms with E-state index in [-0.39, 0.29) is 17.8 Å². The summed E-state index contributed by atoms with van der Waals surface area (Å²) in [5, 5.41) is 6.31. The minimum absolute atomic E-state index is 0.136. The highest BCUT2D eigenvalue weighted by Gasteiger charge is 2.19. The summed E-state index contributed by atoms with van der Waals surface area (Å²) in [5.74, 6) is 0.337. The molecule has 1 aliphatic heterocycles. The molecule has 0 saturated carbocycles. The van der Waals surface area contributed by atoms with Crippen LogP contribution < -0.4 is 15.5 Å². The highest BCUT2D eigenvalue weighted by molar-refractivity contribution is 5.98. The second-order valence-corrected chi connectivity index (χ2v) is 8.25.